The highest BCUT2D eigenvalue weighted by molar-refractivity contribution is 6.32. The Morgan fingerprint density at radius 3 is 2.71 bits per heavy atom. The highest BCUT2D eigenvalue weighted by Gasteiger charge is 2.18. The number of nitrogens with zero attached hydrogens (tertiary/aromatic N) is 1. The predicted molar refractivity (Wildman–Crippen MR) is 90.1 cm³/mol. The molecule has 0 aliphatic carbocycles. The van der Waals surface area contributed by atoms with Gasteiger partial charge in [0.25, 0.3) is 11.6 Å². The second-order valence-electron chi connectivity index (χ2n) is 5.46. The van der Waals surface area contributed by atoms with Crippen LogP contribution in [0.1, 0.15) is 49.9 Å². The number of nitro benzene ring substituents is 1. The molecule has 0 aliphatic heterocycles. The van der Waals surface area contributed by atoms with Gasteiger partial charge in [0.05, 0.1) is 10.5 Å². The van der Waals surface area contributed by atoms with Gasteiger partial charge in [-0.15, -0.1) is 0 Å². The number of rotatable bonds is 9. The van der Waals surface area contributed by atoms with Crippen LogP contribution in [0.3, 0.4) is 0 Å². The molecule has 0 bridgehead atoms. The van der Waals surface area contributed by atoms with Crippen molar-refractivity contribution in [2.45, 2.75) is 45.6 Å². The van der Waals surface area contributed by atoms with Crippen LogP contribution in [0.4, 0.5) is 5.69 Å². The number of carbonyl (C=O) groups excluding carboxylic acids is 2. The van der Waals surface area contributed by atoms with Crippen molar-refractivity contribution in [3.63, 3.8) is 0 Å². The maximum absolute atomic E-state index is 11.9. The summed E-state index contributed by atoms with van der Waals surface area (Å²) in [5.41, 5.74) is -0.421. The molecule has 0 saturated carbocycles. The minimum atomic E-state index is -0.816. The third-order valence-electron chi connectivity index (χ3n) is 3.36. The summed E-state index contributed by atoms with van der Waals surface area (Å²) in [5, 5.41) is 13.5. The van der Waals surface area contributed by atoms with E-state index in [0.29, 0.717) is 0 Å². The fourth-order valence-corrected chi connectivity index (χ4v) is 2.27. The van der Waals surface area contributed by atoms with Gasteiger partial charge in [-0.2, -0.15) is 0 Å². The van der Waals surface area contributed by atoms with Gasteiger partial charge >= 0.3 is 5.97 Å². The van der Waals surface area contributed by atoms with E-state index in [9.17, 15) is 19.7 Å². The van der Waals surface area contributed by atoms with E-state index in [2.05, 4.69) is 12.2 Å². The lowest BCUT2D eigenvalue weighted by Crippen LogP contribution is -2.35. The fourth-order valence-electron chi connectivity index (χ4n) is 2.08. The smallest absolute Gasteiger partial charge is 0.338 e. The second kappa shape index (κ2) is 9.87. The number of benzene rings is 1. The monoisotopic (exact) mass is 356 g/mol. The molecule has 0 aromatic heterocycles. The molecule has 1 amide bonds. The first-order valence-electron chi connectivity index (χ1n) is 7.75. The van der Waals surface area contributed by atoms with Crippen molar-refractivity contribution >= 4 is 29.2 Å². The number of nitro groups is 1. The maximum Gasteiger partial charge on any atom is 0.338 e. The molecule has 0 radical (unpaired) electrons. The molecule has 1 N–H and O–H groups in total. The number of unbranched alkanes of at least 4 members (excludes halogenated alkanes) is 2. The average molecular weight is 357 g/mol. The topological polar surface area (TPSA) is 98.5 Å². The lowest BCUT2D eigenvalue weighted by molar-refractivity contribution is -0.384. The Bertz CT molecular complexity index is 606. The second-order valence-corrected chi connectivity index (χ2v) is 5.87. The van der Waals surface area contributed by atoms with Gasteiger partial charge in [-0.3, -0.25) is 14.9 Å². The minimum Gasteiger partial charge on any atom is -0.452 e. The number of hydrogen-bond donors (Lipinski definition) is 1. The zero-order chi connectivity index (χ0) is 18.1. The van der Waals surface area contributed by atoms with Gasteiger partial charge < -0.3 is 10.1 Å². The van der Waals surface area contributed by atoms with Gasteiger partial charge in [0.1, 0.15) is 5.02 Å². The summed E-state index contributed by atoms with van der Waals surface area (Å²) < 4.78 is 4.87. The van der Waals surface area contributed by atoms with Crippen LogP contribution in [-0.2, 0) is 9.53 Å². The summed E-state index contributed by atoms with van der Waals surface area (Å²) in [5.74, 6) is -1.22. The van der Waals surface area contributed by atoms with Crippen LogP contribution in [0.5, 0.6) is 0 Å². The van der Waals surface area contributed by atoms with Crippen molar-refractivity contribution < 1.29 is 19.2 Å². The van der Waals surface area contributed by atoms with E-state index in [1.54, 1.807) is 0 Å². The highest BCUT2D eigenvalue weighted by Crippen LogP contribution is 2.25. The van der Waals surface area contributed by atoms with E-state index in [4.69, 9.17) is 16.3 Å². The molecule has 1 rings (SSSR count). The molecule has 8 heteroatoms. The number of hydrogen-bond acceptors (Lipinski definition) is 5. The number of nitrogens with one attached hydrogen (secondary N) is 1. The van der Waals surface area contributed by atoms with E-state index >= 15 is 0 Å². The molecular weight excluding hydrogens is 336 g/mol. The molecular formula is C16H21ClN2O5. The summed E-state index contributed by atoms with van der Waals surface area (Å²) in [6.45, 7) is 3.55. The standard InChI is InChI=1S/C16H21ClN2O5/c1-3-4-5-6-11(2)18-15(20)10-24-16(21)12-7-8-13(17)14(9-12)19(22)23/h7-9,11H,3-6,10H2,1-2H3,(H,18,20)/t11-/m0/s1. The van der Waals surface area contributed by atoms with E-state index in [1.807, 2.05) is 6.92 Å². The molecule has 0 aliphatic rings. The maximum atomic E-state index is 11.9. The Morgan fingerprint density at radius 2 is 2.08 bits per heavy atom. The van der Waals surface area contributed by atoms with Crippen LogP contribution in [0.25, 0.3) is 0 Å². The van der Waals surface area contributed by atoms with Crippen molar-refractivity contribution in [3.05, 3.63) is 38.9 Å². The Morgan fingerprint density at radius 1 is 1.38 bits per heavy atom. The van der Waals surface area contributed by atoms with Gasteiger partial charge in [0.15, 0.2) is 6.61 Å². The first-order valence-corrected chi connectivity index (χ1v) is 8.13. The lowest BCUT2D eigenvalue weighted by atomic mass is 10.1. The molecule has 0 spiro atoms. The number of esters is 1. The number of ether oxygens (including phenoxy) is 1. The van der Waals surface area contributed by atoms with Gasteiger partial charge in [-0.25, -0.2) is 4.79 Å². The van der Waals surface area contributed by atoms with Crippen molar-refractivity contribution in [2.24, 2.45) is 0 Å². The zero-order valence-electron chi connectivity index (χ0n) is 13.7. The van der Waals surface area contributed by atoms with Crippen molar-refractivity contribution in [3.8, 4) is 0 Å². The van der Waals surface area contributed by atoms with Gasteiger partial charge in [-0.05, 0) is 25.5 Å². The summed E-state index contributed by atoms with van der Waals surface area (Å²) in [6.07, 6.45) is 4.08. The summed E-state index contributed by atoms with van der Waals surface area (Å²) in [4.78, 5) is 33.7. The largest absolute Gasteiger partial charge is 0.452 e. The molecule has 0 heterocycles. The number of amides is 1. The minimum absolute atomic E-state index is 0.000582. The van der Waals surface area contributed by atoms with Crippen molar-refractivity contribution in [1.82, 2.24) is 5.32 Å². The third-order valence-corrected chi connectivity index (χ3v) is 3.68. The summed E-state index contributed by atoms with van der Waals surface area (Å²) in [6, 6.07) is 3.57. The SMILES string of the molecule is CCCCC[C@H](C)NC(=O)COC(=O)c1ccc(Cl)c([N+](=O)[O-])c1. The Kier molecular flexibility index (Phi) is 8.18. The van der Waals surface area contributed by atoms with Crippen LogP contribution >= 0.6 is 11.6 Å². The zero-order valence-corrected chi connectivity index (χ0v) is 14.5. The van der Waals surface area contributed by atoms with Crippen LogP contribution in [0.15, 0.2) is 18.2 Å². The molecule has 1 aromatic rings. The fraction of sp³-hybridized carbons (Fsp3) is 0.500. The molecule has 132 valence electrons. The van der Waals surface area contributed by atoms with Gasteiger partial charge in [0, 0.05) is 12.1 Å². The van der Waals surface area contributed by atoms with Crippen LogP contribution in [0, 0.1) is 10.1 Å². The molecule has 0 fully saturated rings. The van der Waals surface area contributed by atoms with E-state index in [0.717, 1.165) is 31.7 Å². The van der Waals surface area contributed by atoms with Crippen LogP contribution in [-0.4, -0.2) is 29.4 Å². The van der Waals surface area contributed by atoms with E-state index in [-0.39, 0.29) is 22.3 Å². The Labute approximate surface area is 145 Å². The first kappa shape index (κ1) is 19.9. The Balaban J connectivity index is 2.49. The van der Waals surface area contributed by atoms with Crippen molar-refractivity contribution in [2.75, 3.05) is 6.61 Å². The quantitative estimate of drug-likeness (QED) is 0.316. The average Bonchev–Trinajstić information content (AvgIpc) is 2.53. The van der Waals surface area contributed by atoms with E-state index in [1.165, 1.54) is 12.1 Å². The van der Waals surface area contributed by atoms with Crippen LogP contribution < -0.4 is 5.32 Å². The van der Waals surface area contributed by atoms with Crippen LogP contribution in [0.2, 0.25) is 5.02 Å². The number of halogens is 1. The molecule has 1 atom stereocenters. The molecule has 0 unspecified atom stereocenters. The normalized spacial score (nSPS) is 11.6. The first-order chi connectivity index (χ1) is 11.3. The lowest BCUT2D eigenvalue weighted by Gasteiger charge is -2.13. The summed E-state index contributed by atoms with van der Waals surface area (Å²) >= 11 is 5.67. The predicted octanol–water partition coefficient (Wildman–Crippen LogP) is 3.49. The summed E-state index contributed by atoms with van der Waals surface area (Å²) in [7, 11) is 0. The molecule has 24 heavy (non-hydrogen) atoms. The highest BCUT2D eigenvalue weighted by atomic mass is 35.5. The molecule has 1 aromatic carbocycles. The molecule has 7 nitrogen and oxygen atoms in total. The van der Waals surface area contributed by atoms with Gasteiger partial charge in [-0.1, -0.05) is 37.8 Å². The third kappa shape index (κ3) is 6.54. The molecule has 0 saturated heterocycles. The Hall–Kier alpha value is -2.15. The van der Waals surface area contributed by atoms with Gasteiger partial charge in [0.2, 0.25) is 0 Å². The number of carbonyl (C=O) groups is 2. The van der Waals surface area contributed by atoms with Crippen molar-refractivity contribution in [1.29, 1.82) is 0 Å². The van der Waals surface area contributed by atoms with E-state index < -0.39 is 23.4 Å².